The van der Waals surface area contributed by atoms with E-state index in [0.29, 0.717) is 0 Å². The molecule has 0 fully saturated rings. The second-order valence-corrected chi connectivity index (χ2v) is 5.07. The van der Waals surface area contributed by atoms with Crippen LogP contribution in [-0.4, -0.2) is 6.71 Å². The van der Waals surface area contributed by atoms with E-state index in [4.69, 9.17) is 23.2 Å². The highest BCUT2D eigenvalue weighted by Gasteiger charge is 2.39. The van der Waals surface area contributed by atoms with Crippen molar-refractivity contribution in [2.45, 2.75) is 6.92 Å². The van der Waals surface area contributed by atoms with Crippen molar-refractivity contribution >= 4 is 23.1 Å². The molecule has 0 aliphatic carbocycles. The van der Waals surface area contributed by atoms with Gasteiger partial charge in [-0.3, -0.25) is 0 Å². The molecule has 2 aliphatic rings. The number of hydrogen-bond acceptors (Lipinski definition) is 2. The summed E-state index contributed by atoms with van der Waals surface area (Å²) in [5.74, 6) is -0.522. The van der Waals surface area contributed by atoms with Crippen molar-refractivity contribution in [3.63, 3.8) is 0 Å². The third kappa shape index (κ3) is 1.46. The van der Waals surface area contributed by atoms with Gasteiger partial charge in [0.15, 0.2) is 0 Å². The maximum atomic E-state index is 8.54. The molecule has 0 spiro atoms. The molecule has 0 amide bonds. The van der Waals surface area contributed by atoms with E-state index in [0.717, 1.165) is 0 Å². The summed E-state index contributed by atoms with van der Waals surface area (Å²) in [5, 5.41) is 0. The zero-order valence-corrected chi connectivity index (χ0v) is 11.4. The Kier molecular flexibility index (Phi) is 1.11. The van der Waals surface area contributed by atoms with Gasteiger partial charge in [-0.25, -0.2) is 0 Å². The molecule has 0 N–H and O–H groups in total. The van der Waals surface area contributed by atoms with Crippen molar-refractivity contribution in [1.82, 2.24) is 0 Å². The van der Waals surface area contributed by atoms with E-state index in [1.165, 1.54) is 6.92 Å². The van der Waals surface area contributed by atoms with Crippen molar-refractivity contribution in [2.24, 2.45) is 0 Å². The second-order valence-electron chi connectivity index (χ2n) is 5.07. The van der Waals surface area contributed by atoms with E-state index >= 15 is 0 Å². The van der Waals surface area contributed by atoms with Gasteiger partial charge in [-0.05, 0) is 41.5 Å². The third-order valence-corrected chi connectivity index (χ3v) is 3.83. The fraction of sp³-hybridized carbons (Fsp3) is 0.0526. The predicted molar refractivity (Wildman–Crippen MR) is 88.9 cm³/mol. The average Bonchev–Trinajstić information content (AvgIpc) is 2.79. The van der Waals surface area contributed by atoms with Crippen LogP contribution in [-0.2, 0) is 0 Å². The van der Waals surface area contributed by atoms with Gasteiger partial charge in [0.2, 0.25) is 0 Å². The van der Waals surface area contributed by atoms with Crippen molar-refractivity contribution in [3.8, 4) is 23.0 Å². The summed E-state index contributed by atoms with van der Waals surface area (Å²) < 4.78 is 94.3. The lowest BCUT2D eigenvalue weighted by molar-refractivity contribution is 0.462. The van der Waals surface area contributed by atoms with Crippen LogP contribution in [0, 0.1) is 6.92 Å². The molecule has 5 rings (SSSR count). The molecular formula is C19H13BO2. The van der Waals surface area contributed by atoms with Gasteiger partial charge in [0.25, 0.3) is 6.71 Å². The highest BCUT2D eigenvalue weighted by molar-refractivity contribution is 6.98. The summed E-state index contributed by atoms with van der Waals surface area (Å²) in [7, 11) is 0. The van der Waals surface area contributed by atoms with Crippen LogP contribution >= 0.6 is 0 Å². The molecule has 22 heavy (non-hydrogen) atoms. The van der Waals surface area contributed by atoms with Crippen molar-refractivity contribution in [1.29, 1.82) is 0 Å². The smallest absolute Gasteiger partial charge is 0.260 e. The van der Waals surface area contributed by atoms with E-state index < -0.39 is 49.0 Å². The minimum atomic E-state index is -1.10. The fourth-order valence-corrected chi connectivity index (χ4v) is 2.88. The molecule has 2 nitrogen and oxygen atoms in total. The van der Waals surface area contributed by atoms with Gasteiger partial charge in [0.05, 0.1) is 13.7 Å². The lowest BCUT2D eigenvalue weighted by atomic mass is 9.35. The molecule has 3 aromatic carbocycles. The number of benzene rings is 3. The normalized spacial score (nSPS) is 19.8. The highest BCUT2D eigenvalue weighted by Crippen LogP contribution is 2.34. The highest BCUT2D eigenvalue weighted by atomic mass is 16.5. The Morgan fingerprint density at radius 1 is 0.773 bits per heavy atom. The first kappa shape index (κ1) is 5.84. The van der Waals surface area contributed by atoms with Crippen molar-refractivity contribution < 1.29 is 23.2 Å². The molecule has 0 atom stereocenters. The molecule has 104 valence electrons. The first-order valence-electron chi connectivity index (χ1n) is 11.7. The summed E-state index contributed by atoms with van der Waals surface area (Å²) >= 11 is 0. The number of rotatable bonds is 0. The standard InChI is InChI=1S/C19H13BO2/c1-12-6-4-8-14-19(12)22-17-11-5-10-16-18(17)20(14)13-7-2-3-9-15(13)21-16/h2-11H,1H3/i2D,3D,4D,5D,6D,7D,8D,9D,10D,11D. The lowest BCUT2D eigenvalue weighted by Gasteiger charge is -2.33. The third-order valence-electron chi connectivity index (χ3n) is 3.83. The van der Waals surface area contributed by atoms with E-state index in [2.05, 4.69) is 0 Å². The zero-order chi connectivity index (χ0) is 23.4. The van der Waals surface area contributed by atoms with E-state index in [1.807, 2.05) is 0 Å². The first-order valence-corrected chi connectivity index (χ1v) is 6.68. The van der Waals surface area contributed by atoms with Crippen molar-refractivity contribution in [2.75, 3.05) is 0 Å². The van der Waals surface area contributed by atoms with Gasteiger partial charge in [-0.1, -0.05) is 42.3 Å². The Labute approximate surface area is 143 Å². The monoisotopic (exact) mass is 294 g/mol. The van der Waals surface area contributed by atoms with Gasteiger partial charge < -0.3 is 9.47 Å². The maximum absolute atomic E-state index is 8.54. The molecule has 3 aromatic rings. The summed E-state index contributed by atoms with van der Waals surface area (Å²) in [6.45, 7) is 0.424. The van der Waals surface area contributed by atoms with Crippen LogP contribution in [0.2, 0.25) is 0 Å². The van der Waals surface area contributed by atoms with Crippen molar-refractivity contribution in [3.05, 3.63) is 66.0 Å². The van der Waals surface area contributed by atoms with Gasteiger partial charge in [0, 0.05) is 5.46 Å². The molecule has 0 saturated carbocycles. The van der Waals surface area contributed by atoms with Crippen LogP contribution < -0.4 is 25.9 Å². The number of para-hydroxylation sites is 2. The molecule has 0 bridgehead atoms. The maximum Gasteiger partial charge on any atom is 0.260 e. The van der Waals surface area contributed by atoms with E-state index in [1.54, 1.807) is 0 Å². The molecule has 3 heteroatoms. The summed E-state index contributed by atoms with van der Waals surface area (Å²) in [6.07, 6.45) is 0. The quantitative estimate of drug-likeness (QED) is 0.409. The Morgan fingerprint density at radius 2 is 1.45 bits per heavy atom. The van der Waals surface area contributed by atoms with Gasteiger partial charge in [0.1, 0.15) is 23.0 Å². The first-order chi connectivity index (χ1) is 15.0. The van der Waals surface area contributed by atoms with Crippen LogP contribution in [0.5, 0.6) is 23.0 Å². The number of ether oxygens (including phenoxy) is 2. The van der Waals surface area contributed by atoms with Crippen LogP contribution in [0.1, 0.15) is 19.3 Å². The Balaban J connectivity index is 2.03. The van der Waals surface area contributed by atoms with Crippen LogP contribution in [0.25, 0.3) is 0 Å². The topological polar surface area (TPSA) is 18.5 Å². The zero-order valence-electron chi connectivity index (χ0n) is 21.4. The summed E-state index contributed by atoms with van der Waals surface area (Å²) in [6, 6.07) is -4.27. The van der Waals surface area contributed by atoms with E-state index in [9.17, 15) is 0 Å². The van der Waals surface area contributed by atoms with Gasteiger partial charge in [-0.2, -0.15) is 0 Å². The molecule has 2 aliphatic heterocycles. The molecule has 0 unspecified atom stereocenters. The lowest BCUT2D eigenvalue weighted by Crippen LogP contribution is -2.57. The Bertz CT molecular complexity index is 1270. The molecule has 0 aromatic heterocycles. The molecule has 0 radical (unpaired) electrons. The van der Waals surface area contributed by atoms with Crippen LogP contribution in [0.3, 0.4) is 0 Å². The van der Waals surface area contributed by atoms with Crippen LogP contribution in [0.15, 0.2) is 60.4 Å². The summed E-state index contributed by atoms with van der Waals surface area (Å²) in [5.41, 5.74) is 0.424. The Morgan fingerprint density at radius 3 is 2.36 bits per heavy atom. The number of fused-ring (bicyclic) bond motifs is 4. The van der Waals surface area contributed by atoms with Crippen LogP contribution in [0.4, 0.5) is 0 Å². The molecule has 0 saturated heterocycles. The molecule has 2 heterocycles. The largest absolute Gasteiger partial charge is 0.458 e. The fourth-order valence-electron chi connectivity index (χ4n) is 2.88. The minimum absolute atomic E-state index is 0.00383. The minimum Gasteiger partial charge on any atom is -0.458 e. The van der Waals surface area contributed by atoms with Gasteiger partial charge in [-0.15, -0.1) is 0 Å². The number of hydrogen-bond donors (Lipinski definition) is 0. The Hall–Kier alpha value is -2.68. The van der Waals surface area contributed by atoms with Gasteiger partial charge >= 0.3 is 0 Å². The SMILES string of the molecule is [2H]c1c([2H])c([2H])c2c(c1[2H])Oc1c([2H])c([2H])c([2H])c3c1B2c1c([2H])c([2H])c([2H])c(C)c1O3. The van der Waals surface area contributed by atoms with E-state index in [-0.39, 0.29) is 63.1 Å². The second kappa shape index (κ2) is 4.17. The molecular weight excluding hydrogens is 271 g/mol. The summed E-state index contributed by atoms with van der Waals surface area (Å²) in [4.78, 5) is 0. The predicted octanol–water partition coefficient (Wildman–Crippen LogP) is 2.72. The average molecular weight is 294 g/mol.